The van der Waals surface area contributed by atoms with E-state index in [1.54, 1.807) is 13.2 Å². The average molecular weight is 336 g/mol. The van der Waals surface area contributed by atoms with Gasteiger partial charge in [-0.05, 0) is 39.2 Å². The van der Waals surface area contributed by atoms with Crippen molar-refractivity contribution >= 4 is 11.7 Å². The molecule has 1 saturated heterocycles. The number of hydrogen-bond donors (Lipinski definition) is 1. The highest BCUT2D eigenvalue weighted by atomic mass is 16.5. The minimum atomic E-state index is -0.00586. The molecule has 2 heterocycles. The van der Waals surface area contributed by atoms with Gasteiger partial charge in [0.25, 0.3) is 0 Å². The Morgan fingerprint density at radius 2 is 2.25 bits per heavy atom. The number of hydrogen-bond acceptors (Lipinski definition) is 6. The Kier molecular flexibility index (Phi) is 7.24. The van der Waals surface area contributed by atoms with Crippen LogP contribution in [0.3, 0.4) is 0 Å². The van der Waals surface area contributed by atoms with Gasteiger partial charge in [-0.2, -0.15) is 0 Å². The van der Waals surface area contributed by atoms with Crippen molar-refractivity contribution in [2.24, 2.45) is 5.92 Å². The normalized spacial score (nSPS) is 17.8. The Labute approximate surface area is 143 Å². The van der Waals surface area contributed by atoms with Gasteiger partial charge in [-0.1, -0.05) is 0 Å². The molecule has 7 nitrogen and oxygen atoms in total. The Balaban J connectivity index is 1.78. The van der Waals surface area contributed by atoms with Crippen LogP contribution in [-0.2, 0) is 9.53 Å². The molecule has 24 heavy (non-hydrogen) atoms. The van der Waals surface area contributed by atoms with Crippen molar-refractivity contribution in [2.75, 3.05) is 38.3 Å². The fraction of sp³-hybridized carbons (Fsp3) is 0.706. The van der Waals surface area contributed by atoms with Crippen LogP contribution >= 0.6 is 0 Å². The third-order valence-electron chi connectivity index (χ3n) is 4.02. The van der Waals surface area contributed by atoms with Crippen LogP contribution in [0.5, 0.6) is 5.88 Å². The number of piperidine rings is 1. The molecule has 1 aliphatic rings. The first kappa shape index (κ1) is 18.4. The van der Waals surface area contributed by atoms with Crippen molar-refractivity contribution in [1.82, 2.24) is 15.5 Å². The lowest BCUT2D eigenvalue weighted by atomic mass is 9.97. The molecule has 1 unspecified atom stereocenters. The first-order valence-corrected chi connectivity index (χ1v) is 8.62. The molecule has 1 N–H and O–H groups in total. The summed E-state index contributed by atoms with van der Waals surface area (Å²) in [5, 5.41) is 11.2. The zero-order valence-corrected chi connectivity index (χ0v) is 14.8. The molecule has 1 aromatic rings. The number of carbonyl (C=O) groups is 1. The summed E-state index contributed by atoms with van der Waals surface area (Å²) in [5.41, 5.74) is 0. The Bertz CT molecular complexity index is 507. The van der Waals surface area contributed by atoms with E-state index in [4.69, 9.17) is 9.47 Å². The minimum Gasteiger partial charge on any atom is -0.480 e. The van der Waals surface area contributed by atoms with E-state index in [-0.39, 0.29) is 17.9 Å². The maximum absolute atomic E-state index is 12.3. The molecule has 1 amide bonds. The Morgan fingerprint density at radius 3 is 2.92 bits per heavy atom. The second-order valence-electron chi connectivity index (χ2n) is 6.28. The van der Waals surface area contributed by atoms with Crippen LogP contribution in [0.4, 0.5) is 5.82 Å². The molecule has 1 atom stereocenters. The average Bonchev–Trinajstić information content (AvgIpc) is 2.61. The number of methoxy groups -OCH3 is 1. The molecule has 1 fully saturated rings. The first-order chi connectivity index (χ1) is 11.6. The van der Waals surface area contributed by atoms with Gasteiger partial charge in [0.1, 0.15) is 0 Å². The molecule has 1 aliphatic heterocycles. The third kappa shape index (κ3) is 5.63. The highest BCUT2D eigenvalue weighted by molar-refractivity contribution is 5.79. The SMILES string of the molecule is COc1ccc(N2CCCC(C(=O)NCCCOC(C)C)C2)nn1. The maximum atomic E-state index is 12.3. The van der Waals surface area contributed by atoms with Crippen molar-refractivity contribution in [3.8, 4) is 5.88 Å². The number of nitrogens with one attached hydrogen (secondary N) is 1. The number of amides is 1. The van der Waals surface area contributed by atoms with E-state index in [9.17, 15) is 4.79 Å². The van der Waals surface area contributed by atoms with Crippen LogP contribution in [0.15, 0.2) is 12.1 Å². The lowest BCUT2D eigenvalue weighted by molar-refractivity contribution is -0.125. The molecule has 0 bridgehead atoms. The van der Waals surface area contributed by atoms with Crippen molar-refractivity contribution in [1.29, 1.82) is 0 Å². The Hall–Kier alpha value is -1.89. The Morgan fingerprint density at radius 1 is 1.42 bits per heavy atom. The van der Waals surface area contributed by atoms with Gasteiger partial charge >= 0.3 is 0 Å². The highest BCUT2D eigenvalue weighted by Gasteiger charge is 2.26. The molecule has 0 radical (unpaired) electrons. The summed E-state index contributed by atoms with van der Waals surface area (Å²) in [4.78, 5) is 14.5. The summed E-state index contributed by atoms with van der Waals surface area (Å²) in [5.74, 6) is 1.40. The van der Waals surface area contributed by atoms with Crippen LogP contribution in [0.2, 0.25) is 0 Å². The number of anilines is 1. The van der Waals surface area contributed by atoms with Crippen LogP contribution in [-0.4, -0.2) is 55.6 Å². The van der Waals surface area contributed by atoms with Crippen LogP contribution in [0.1, 0.15) is 33.1 Å². The van der Waals surface area contributed by atoms with Crippen LogP contribution in [0, 0.1) is 5.92 Å². The lowest BCUT2D eigenvalue weighted by Crippen LogP contribution is -2.43. The predicted molar refractivity (Wildman–Crippen MR) is 92.2 cm³/mol. The van der Waals surface area contributed by atoms with Crippen LogP contribution in [0.25, 0.3) is 0 Å². The summed E-state index contributed by atoms with van der Waals surface area (Å²) >= 11 is 0. The van der Waals surface area contributed by atoms with Gasteiger partial charge in [-0.25, -0.2) is 0 Å². The molecule has 0 saturated carbocycles. The van der Waals surface area contributed by atoms with Crippen molar-refractivity contribution in [3.63, 3.8) is 0 Å². The van der Waals surface area contributed by atoms with Gasteiger partial charge in [-0.15, -0.1) is 10.2 Å². The number of aromatic nitrogens is 2. The van der Waals surface area contributed by atoms with E-state index in [1.165, 1.54) is 0 Å². The van der Waals surface area contributed by atoms with Crippen molar-refractivity contribution in [3.05, 3.63) is 12.1 Å². The van der Waals surface area contributed by atoms with Crippen LogP contribution < -0.4 is 15.0 Å². The van der Waals surface area contributed by atoms with E-state index in [0.717, 1.165) is 31.6 Å². The van der Waals surface area contributed by atoms with Gasteiger partial charge in [0.15, 0.2) is 5.82 Å². The van der Waals surface area contributed by atoms with Crippen molar-refractivity contribution < 1.29 is 14.3 Å². The van der Waals surface area contributed by atoms with Crippen molar-refractivity contribution in [2.45, 2.75) is 39.2 Å². The smallest absolute Gasteiger partial charge is 0.233 e. The monoisotopic (exact) mass is 336 g/mol. The topological polar surface area (TPSA) is 76.6 Å². The fourth-order valence-corrected chi connectivity index (χ4v) is 2.74. The second-order valence-corrected chi connectivity index (χ2v) is 6.28. The molecule has 0 aliphatic carbocycles. The van der Waals surface area contributed by atoms with E-state index in [0.29, 0.717) is 25.6 Å². The summed E-state index contributed by atoms with van der Waals surface area (Å²) in [7, 11) is 1.57. The zero-order valence-electron chi connectivity index (χ0n) is 14.8. The third-order valence-corrected chi connectivity index (χ3v) is 4.02. The predicted octanol–water partition coefficient (Wildman–Crippen LogP) is 1.63. The quantitative estimate of drug-likeness (QED) is 0.727. The number of ether oxygens (including phenoxy) is 2. The molecule has 0 spiro atoms. The summed E-state index contributed by atoms with van der Waals surface area (Å²) in [6.45, 7) is 6.93. The molecule has 0 aromatic carbocycles. The lowest BCUT2D eigenvalue weighted by Gasteiger charge is -2.32. The number of rotatable bonds is 8. The second kappa shape index (κ2) is 9.42. The highest BCUT2D eigenvalue weighted by Crippen LogP contribution is 2.22. The van der Waals surface area contributed by atoms with E-state index in [1.807, 2.05) is 19.9 Å². The molecular formula is C17H28N4O3. The van der Waals surface area contributed by atoms with E-state index >= 15 is 0 Å². The largest absolute Gasteiger partial charge is 0.480 e. The van der Waals surface area contributed by atoms with Gasteiger partial charge in [0.05, 0.1) is 19.1 Å². The van der Waals surface area contributed by atoms with Gasteiger partial charge < -0.3 is 19.7 Å². The summed E-state index contributed by atoms with van der Waals surface area (Å²) in [6.07, 6.45) is 2.96. The minimum absolute atomic E-state index is 0.00586. The first-order valence-electron chi connectivity index (χ1n) is 8.62. The van der Waals surface area contributed by atoms with Gasteiger partial charge in [-0.3, -0.25) is 4.79 Å². The van der Waals surface area contributed by atoms with E-state index in [2.05, 4.69) is 20.4 Å². The van der Waals surface area contributed by atoms with Gasteiger partial charge in [0, 0.05) is 32.3 Å². The zero-order chi connectivity index (χ0) is 17.4. The standard InChI is InChI=1S/C17H28N4O3/c1-13(2)24-11-5-9-18-17(22)14-6-4-10-21(12-14)15-7-8-16(23-3)20-19-15/h7-8,13-14H,4-6,9-12H2,1-3H3,(H,18,22). The molecule has 2 rings (SSSR count). The fourth-order valence-electron chi connectivity index (χ4n) is 2.74. The molecule has 134 valence electrons. The number of carbonyl (C=O) groups excluding carboxylic acids is 1. The summed E-state index contributed by atoms with van der Waals surface area (Å²) < 4.78 is 10.5. The maximum Gasteiger partial charge on any atom is 0.233 e. The van der Waals surface area contributed by atoms with Gasteiger partial charge in [0.2, 0.25) is 11.8 Å². The van der Waals surface area contributed by atoms with E-state index < -0.39 is 0 Å². The molecule has 7 heteroatoms. The molecular weight excluding hydrogens is 308 g/mol. The number of nitrogens with zero attached hydrogens (tertiary/aromatic N) is 3. The molecule has 1 aromatic heterocycles. The summed E-state index contributed by atoms with van der Waals surface area (Å²) in [6, 6.07) is 3.68.